The van der Waals surface area contributed by atoms with E-state index in [-0.39, 0.29) is 18.2 Å². The zero-order valence-electron chi connectivity index (χ0n) is 10.5. The predicted molar refractivity (Wildman–Crippen MR) is 64.3 cm³/mol. The van der Waals surface area contributed by atoms with Crippen LogP contribution in [0.25, 0.3) is 0 Å². The van der Waals surface area contributed by atoms with Crippen LogP contribution in [-0.4, -0.2) is 42.4 Å². The van der Waals surface area contributed by atoms with Crippen LogP contribution in [0.2, 0.25) is 0 Å². The fraction of sp³-hybridized carbons (Fsp3) is 0.833. The van der Waals surface area contributed by atoms with Gasteiger partial charge in [0.2, 0.25) is 0 Å². The average molecular weight is 256 g/mol. The number of nitrogens with one attached hydrogen (secondary N) is 2. The number of aliphatic carboxylic acids is 1. The lowest BCUT2D eigenvalue weighted by atomic mass is 9.89. The number of amides is 2. The van der Waals surface area contributed by atoms with Gasteiger partial charge in [-0.1, -0.05) is 12.8 Å². The first-order chi connectivity index (χ1) is 8.58. The fourth-order valence-electron chi connectivity index (χ4n) is 2.17. The maximum absolute atomic E-state index is 11.6. The molecule has 1 atom stereocenters. The molecule has 6 heteroatoms. The quantitative estimate of drug-likeness (QED) is 0.653. The Morgan fingerprint density at radius 1 is 1.39 bits per heavy atom. The fourth-order valence-corrected chi connectivity index (χ4v) is 2.17. The van der Waals surface area contributed by atoms with E-state index in [1.165, 1.54) is 0 Å². The van der Waals surface area contributed by atoms with Crippen molar-refractivity contribution >= 4 is 12.0 Å². The van der Waals surface area contributed by atoms with Gasteiger partial charge >= 0.3 is 12.0 Å². The molecule has 6 nitrogen and oxygen atoms in total. The van der Waals surface area contributed by atoms with Crippen molar-refractivity contribution in [2.24, 2.45) is 5.92 Å². The van der Waals surface area contributed by atoms with Crippen LogP contribution in [0, 0.1) is 5.92 Å². The van der Waals surface area contributed by atoms with Crippen LogP contribution in [0.1, 0.15) is 32.1 Å². The lowest BCUT2D eigenvalue weighted by molar-refractivity contribution is -0.139. The lowest BCUT2D eigenvalue weighted by Crippen LogP contribution is -2.53. The van der Waals surface area contributed by atoms with Crippen LogP contribution in [0.5, 0.6) is 0 Å². The Labute approximate surface area is 106 Å². The Morgan fingerprint density at radius 2 is 2.06 bits per heavy atom. The van der Waals surface area contributed by atoms with Gasteiger partial charge in [0.25, 0.3) is 0 Å². The molecule has 2 aliphatic carbocycles. The minimum atomic E-state index is -0.958. The van der Waals surface area contributed by atoms with Crippen LogP contribution < -0.4 is 10.6 Å². The third-order valence-electron chi connectivity index (χ3n) is 3.63. The summed E-state index contributed by atoms with van der Waals surface area (Å²) in [5.74, 6) is -0.492. The van der Waals surface area contributed by atoms with E-state index in [0.717, 1.165) is 25.7 Å². The first-order valence-corrected chi connectivity index (χ1v) is 6.41. The van der Waals surface area contributed by atoms with Gasteiger partial charge in [0.1, 0.15) is 6.04 Å². The summed E-state index contributed by atoms with van der Waals surface area (Å²) in [6, 6.07) is -1.05. The summed E-state index contributed by atoms with van der Waals surface area (Å²) in [6.45, 7) is 0. The second-order valence-electron chi connectivity index (χ2n) is 5.21. The molecule has 0 aromatic heterocycles. The second kappa shape index (κ2) is 5.56. The van der Waals surface area contributed by atoms with Gasteiger partial charge in [-0.15, -0.1) is 0 Å². The molecule has 0 unspecified atom stereocenters. The summed E-state index contributed by atoms with van der Waals surface area (Å²) < 4.78 is 5.11. The third-order valence-corrected chi connectivity index (χ3v) is 3.63. The highest BCUT2D eigenvalue weighted by molar-refractivity contribution is 5.82. The van der Waals surface area contributed by atoms with Gasteiger partial charge in [0.15, 0.2) is 0 Å². The number of urea groups is 1. The van der Waals surface area contributed by atoms with Gasteiger partial charge < -0.3 is 20.5 Å². The molecule has 2 rings (SSSR count). The van der Waals surface area contributed by atoms with Crippen LogP contribution in [0.4, 0.5) is 4.79 Å². The van der Waals surface area contributed by atoms with E-state index < -0.39 is 12.0 Å². The maximum atomic E-state index is 11.6. The number of carboxylic acid groups (broad SMARTS) is 1. The minimum absolute atomic E-state index is 0.102. The number of carbonyl (C=O) groups excluding carboxylic acids is 1. The Hall–Kier alpha value is -1.30. The van der Waals surface area contributed by atoms with Crippen molar-refractivity contribution in [2.45, 2.75) is 50.3 Å². The summed E-state index contributed by atoms with van der Waals surface area (Å²) in [7, 11) is 1.65. The second-order valence-corrected chi connectivity index (χ2v) is 5.21. The van der Waals surface area contributed by atoms with Crippen molar-refractivity contribution in [1.29, 1.82) is 0 Å². The highest BCUT2D eigenvalue weighted by atomic mass is 16.5. The normalized spacial score (nSPS) is 28.1. The van der Waals surface area contributed by atoms with Gasteiger partial charge in [-0.3, -0.25) is 0 Å². The number of hydrogen-bond donors (Lipinski definition) is 3. The molecule has 0 spiro atoms. The van der Waals surface area contributed by atoms with Crippen LogP contribution in [-0.2, 0) is 9.53 Å². The summed E-state index contributed by atoms with van der Waals surface area (Å²) in [6.07, 6.45) is 4.50. The molecule has 18 heavy (non-hydrogen) atoms. The number of hydrogen-bond acceptors (Lipinski definition) is 3. The number of carbonyl (C=O) groups is 2. The van der Waals surface area contributed by atoms with E-state index in [0.29, 0.717) is 12.3 Å². The van der Waals surface area contributed by atoms with E-state index in [1.54, 1.807) is 7.11 Å². The number of methoxy groups -OCH3 is 1. The van der Waals surface area contributed by atoms with Crippen molar-refractivity contribution in [2.75, 3.05) is 7.11 Å². The molecule has 102 valence electrons. The van der Waals surface area contributed by atoms with E-state index >= 15 is 0 Å². The van der Waals surface area contributed by atoms with Crippen molar-refractivity contribution in [1.82, 2.24) is 10.6 Å². The Bertz CT molecular complexity index is 324. The highest BCUT2D eigenvalue weighted by Gasteiger charge is 2.33. The van der Waals surface area contributed by atoms with Gasteiger partial charge in [-0.2, -0.15) is 0 Å². The SMILES string of the molecule is COC1CC(NC(=O)N[C@@H](CC2CC2)C(=O)O)C1. The molecule has 0 aliphatic heterocycles. The van der Waals surface area contributed by atoms with E-state index in [4.69, 9.17) is 9.84 Å². The van der Waals surface area contributed by atoms with E-state index in [9.17, 15) is 9.59 Å². The smallest absolute Gasteiger partial charge is 0.326 e. The molecule has 0 saturated heterocycles. The van der Waals surface area contributed by atoms with Crippen molar-refractivity contribution in [3.63, 3.8) is 0 Å². The third kappa shape index (κ3) is 3.60. The summed E-state index contributed by atoms with van der Waals surface area (Å²) >= 11 is 0. The summed E-state index contributed by atoms with van der Waals surface area (Å²) in [5, 5.41) is 14.3. The molecular weight excluding hydrogens is 236 g/mol. The molecule has 2 aliphatic rings. The average Bonchev–Trinajstić information content (AvgIpc) is 3.05. The van der Waals surface area contributed by atoms with Crippen LogP contribution >= 0.6 is 0 Å². The Morgan fingerprint density at radius 3 is 2.56 bits per heavy atom. The van der Waals surface area contributed by atoms with E-state index in [2.05, 4.69) is 10.6 Å². The van der Waals surface area contributed by atoms with Crippen LogP contribution in [0.15, 0.2) is 0 Å². The molecule has 0 aromatic rings. The van der Waals surface area contributed by atoms with Crippen LogP contribution in [0.3, 0.4) is 0 Å². The maximum Gasteiger partial charge on any atom is 0.326 e. The van der Waals surface area contributed by atoms with Gasteiger partial charge in [0, 0.05) is 13.2 Å². The number of carboxylic acids is 1. The van der Waals surface area contributed by atoms with Crippen molar-refractivity contribution in [3.8, 4) is 0 Å². The molecule has 0 heterocycles. The summed E-state index contributed by atoms with van der Waals surface area (Å²) in [5.41, 5.74) is 0. The Kier molecular flexibility index (Phi) is 4.06. The van der Waals surface area contributed by atoms with Crippen molar-refractivity contribution in [3.05, 3.63) is 0 Å². The zero-order valence-corrected chi connectivity index (χ0v) is 10.5. The topological polar surface area (TPSA) is 87.7 Å². The molecule has 0 aromatic carbocycles. The zero-order chi connectivity index (χ0) is 13.1. The molecule has 0 radical (unpaired) electrons. The first-order valence-electron chi connectivity index (χ1n) is 6.41. The predicted octanol–water partition coefficient (Wildman–Crippen LogP) is 0.716. The minimum Gasteiger partial charge on any atom is -0.480 e. The van der Waals surface area contributed by atoms with Gasteiger partial charge in [-0.05, 0) is 25.2 Å². The molecule has 0 bridgehead atoms. The number of ether oxygens (including phenoxy) is 1. The van der Waals surface area contributed by atoms with Crippen molar-refractivity contribution < 1.29 is 19.4 Å². The van der Waals surface area contributed by atoms with Gasteiger partial charge in [-0.25, -0.2) is 9.59 Å². The lowest BCUT2D eigenvalue weighted by Gasteiger charge is -2.34. The Balaban J connectivity index is 1.69. The molecule has 2 saturated carbocycles. The molecule has 2 amide bonds. The largest absolute Gasteiger partial charge is 0.480 e. The van der Waals surface area contributed by atoms with E-state index in [1.807, 2.05) is 0 Å². The summed E-state index contributed by atoms with van der Waals surface area (Å²) in [4.78, 5) is 22.6. The number of rotatable bonds is 6. The monoisotopic (exact) mass is 256 g/mol. The molecule has 3 N–H and O–H groups in total. The highest BCUT2D eigenvalue weighted by Crippen LogP contribution is 2.33. The molecule has 2 fully saturated rings. The van der Waals surface area contributed by atoms with Gasteiger partial charge in [0.05, 0.1) is 6.10 Å². The standard InChI is InChI=1S/C12H20N2O4/c1-18-9-5-8(6-9)13-12(17)14-10(11(15)16)4-7-2-3-7/h7-10H,2-6H2,1H3,(H,15,16)(H2,13,14,17)/t8?,9?,10-/m0/s1. The molecular formula is C12H20N2O4. The first kappa shape index (κ1) is 13.1.